The van der Waals surface area contributed by atoms with Crippen LogP contribution in [0.25, 0.3) is 0 Å². The molecule has 0 aliphatic heterocycles. The molecule has 0 radical (unpaired) electrons. The molecule has 2 aromatic rings. The van der Waals surface area contributed by atoms with Crippen LogP contribution in [0.4, 0.5) is 17.6 Å². The minimum atomic E-state index is -1.44. The summed E-state index contributed by atoms with van der Waals surface area (Å²) in [5.74, 6) is -4.34. The molecule has 7 heteroatoms. The first-order chi connectivity index (χ1) is 9.32. The second-order valence-electron chi connectivity index (χ2n) is 4.03. The summed E-state index contributed by atoms with van der Waals surface area (Å²) in [5, 5.41) is -0.249. The molecule has 0 aromatic heterocycles. The molecule has 0 fully saturated rings. The number of hydrogen-bond acceptors (Lipinski definition) is 1. The minimum absolute atomic E-state index is 0.192. The third-order valence-electron chi connectivity index (χ3n) is 2.75. The van der Waals surface area contributed by atoms with Crippen molar-refractivity contribution in [3.8, 4) is 0 Å². The van der Waals surface area contributed by atoms with Gasteiger partial charge in [0.2, 0.25) is 0 Å². The van der Waals surface area contributed by atoms with E-state index < -0.39 is 34.9 Å². The second-order valence-corrected chi connectivity index (χ2v) is 5.26. The highest BCUT2D eigenvalue weighted by atomic mass is 79.9. The average molecular weight is 369 g/mol. The fraction of sp³-hybridized carbons (Fsp3) is 0.0769. The van der Waals surface area contributed by atoms with Crippen LogP contribution in [0.3, 0.4) is 0 Å². The van der Waals surface area contributed by atoms with Crippen LogP contribution in [0.1, 0.15) is 17.2 Å². The molecule has 2 rings (SSSR count). The van der Waals surface area contributed by atoms with E-state index in [4.69, 9.17) is 17.3 Å². The van der Waals surface area contributed by atoms with Crippen LogP contribution in [-0.4, -0.2) is 0 Å². The van der Waals surface area contributed by atoms with Gasteiger partial charge in [0.15, 0.2) is 0 Å². The van der Waals surface area contributed by atoms with Crippen LogP contribution < -0.4 is 5.73 Å². The average Bonchev–Trinajstić information content (AvgIpc) is 2.34. The van der Waals surface area contributed by atoms with E-state index in [2.05, 4.69) is 15.9 Å². The number of benzene rings is 2. The maximum atomic E-state index is 14.0. The number of nitrogens with two attached hydrogens (primary N) is 1. The van der Waals surface area contributed by atoms with E-state index in [-0.39, 0.29) is 15.1 Å². The fourth-order valence-electron chi connectivity index (χ4n) is 1.79. The molecule has 0 aliphatic rings. The van der Waals surface area contributed by atoms with Gasteiger partial charge >= 0.3 is 0 Å². The van der Waals surface area contributed by atoms with E-state index in [0.29, 0.717) is 12.1 Å². The summed E-state index contributed by atoms with van der Waals surface area (Å²) < 4.78 is 54.4. The molecule has 1 unspecified atom stereocenters. The normalized spacial score (nSPS) is 12.6. The summed E-state index contributed by atoms with van der Waals surface area (Å²) >= 11 is 8.71. The Hall–Kier alpha value is -1.11. The number of halogens is 6. The zero-order chi connectivity index (χ0) is 15.0. The summed E-state index contributed by atoms with van der Waals surface area (Å²) in [7, 11) is 0. The predicted molar refractivity (Wildman–Crippen MR) is 71.5 cm³/mol. The molecular weight excluding hydrogens is 361 g/mol. The van der Waals surface area contributed by atoms with Gasteiger partial charge in [-0.05, 0) is 22.0 Å². The van der Waals surface area contributed by atoms with E-state index in [1.807, 2.05) is 0 Å². The predicted octanol–water partition coefficient (Wildman–Crippen LogP) is 4.71. The summed E-state index contributed by atoms with van der Waals surface area (Å²) in [6.45, 7) is 0. The van der Waals surface area contributed by atoms with Gasteiger partial charge < -0.3 is 5.73 Å². The Labute approximate surface area is 125 Å². The van der Waals surface area contributed by atoms with Crippen LogP contribution in [-0.2, 0) is 0 Å². The lowest BCUT2D eigenvalue weighted by Gasteiger charge is -2.16. The van der Waals surface area contributed by atoms with Gasteiger partial charge in [-0.3, -0.25) is 0 Å². The molecule has 0 spiro atoms. The van der Waals surface area contributed by atoms with Crippen LogP contribution in [0, 0.1) is 23.3 Å². The zero-order valence-corrected chi connectivity index (χ0v) is 12.1. The standard InChI is InChI=1S/C13H7BrClF4N/c14-7-2-1-6(12(19)11(7)15)13(20)10-8(17)3-5(16)4-9(10)18/h1-4,13H,20H2. The molecule has 0 saturated heterocycles. The van der Waals surface area contributed by atoms with E-state index in [9.17, 15) is 17.6 Å². The molecule has 20 heavy (non-hydrogen) atoms. The monoisotopic (exact) mass is 367 g/mol. The van der Waals surface area contributed by atoms with Crippen molar-refractivity contribution in [3.63, 3.8) is 0 Å². The van der Waals surface area contributed by atoms with Crippen molar-refractivity contribution in [1.82, 2.24) is 0 Å². The fourth-order valence-corrected chi connectivity index (χ4v) is 2.27. The molecule has 0 saturated carbocycles. The summed E-state index contributed by atoms with van der Waals surface area (Å²) in [6, 6.07) is 2.17. The van der Waals surface area contributed by atoms with Gasteiger partial charge in [-0.25, -0.2) is 17.6 Å². The van der Waals surface area contributed by atoms with Crippen molar-refractivity contribution in [3.05, 3.63) is 68.2 Å². The van der Waals surface area contributed by atoms with Crippen LogP contribution in [0.15, 0.2) is 28.7 Å². The molecule has 0 heterocycles. The SMILES string of the molecule is NC(c1ccc(Br)c(Cl)c1F)c1c(F)cc(F)cc1F. The van der Waals surface area contributed by atoms with Crippen LogP contribution in [0.5, 0.6) is 0 Å². The third-order valence-corrected chi connectivity index (χ3v) is 4.01. The van der Waals surface area contributed by atoms with E-state index in [1.54, 1.807) is 0 Å². The Bertz CT molecular complexity index is 655. The molecule has 2 aromatic carbocycles. The first-order valence-electron chi connectivity index (χ1n) is 5.36. The smallest absolute Gasteiger partial charge is 0.148 e. The van der Waals surface area contributed by atoms with Gasteiger partial charge in [0.25, 0.3) is 0 Å². The molecule has 1 nitrogen and oxygen atoms in total. The van der Waals surface area contributed by atoms with Gasteiger partial charge in [0.1, 0.15) is 23.3 Å². The number of rotatable bonds is 2. The Morgan fingerprint density at radius 3 is 2.15 bits per heavy atom. The Morgan fingerprint density at radius 2 is 1.60 bits per heavy atom. The second kappa shape index (κ2) is 5.71. The zero-order valence-electron chi connectivity index (χ0n) is 9.73. The van der Waals surface area contributed by atoms with Crippen molar-refractivity contribution in [2.24, 2.45) is 5.73 Å². The largest absolute Gasteiger partial charge is 0.320 e. The highest BCUT2D eigenvalue weighted by Crippen LogP contribution is 2.33. The molecule has 0 aliphatic carbocycles. The summed E-state index contributed by atoms with van der Waals surface area (Å²) in [5.41, 5.74) is 4.86. The topological polar surface area (TPSA) is 26.0 Å². The minimum Gasteiger partial charge on any atom is -0.320 e. The van der Waals surface area contributed by atoms with Crippen molar-refractivity contribution in [2.75, 3.05) is 0 Å². The van der Waals surface area contributed by atoms with E-state index in [1.165, 1.54) is 12.1 Å². The number of hydrogen-bond donors (Lipinski definition) is 1. The lowest BCUT2D eigenvalue weighted by atomic mass is 9.98. The first-order valence-corrected chi connectivity index (χ1v) is 6.53. The molecule has 2 N–H and O–H groups in total. The van der Waals surface area contributed by atoms with Gasteiger partial charge in [-0.15, -0.1) is 0 Å². The maximum Gasteiger partial charge on any atom is 0.148 e. The van der Waals surface area contributed by atoms with Crippen molar-refractivity contribution in [1.29, 1.82) is 0 Å². The van der Waals surface area contributed by atoms with Gasteiger partial charge in [-0.2, -0.15) is 0 Å². The molecular formula is C13H7BrClF4N. The third kappa shape index (κ3) is 2.68. The van der Waals surface area contributed by atoms with E-state index >= 15 is 0 Å². The maximum absolute atomic E-state index is 14.0. The molecule has 106 valence electrons. The van der Waals surface area contributed by atoms with Crippen molar-refractivity contribution >= 4 is 27.5 Å². The summed E-state index contributed by atoms with van der Waals surface area (Å²) in [4.78, 5) is 0. The Morgan fingerprint density at radius 1 is 1.05 bits per heavy atom. The van der Waals surface area contributed by atoms with Crippen LogP contribution in [0.2, 0.25) is 5.02 Å². The lowest BCUT2D eigenvalue weighted by molar-refractivity contribution is 0.509. The van der Waals surface area contributed by atoms with Gasteiger partial charge in [0.05, 0.1) is 11.1 Å². The van der Waals surface area contributed by atoms with Gasteiger partial charge in [0, 0.05) is 27.7 Å². The highest BCUT2D eigenvalue weighted by Gasteiger charge is 2.24. The molecule has 0 bridgehead atoms. The Kier molecular flexibility index (Phi) is 4.36. The molecule has 0 amide bonds. The quantitative estimate of drug-likeness (QED) is 0.603. The van der Waals surface area contributed by atoms with Crippen molar-refractivity contribution < 1.29 is 17.6 Å². The van der Waals surface area contributed by atoms with Gasteiger partial charge in [-0.1, -0.05) is 17.7 Å². The lowest BCUT2D eigenvalue weighted by Crippen LogP contribution is -2.17. The Balaban J connectivity index is 2.58. The summed E-state index contributed by atoms with van der Waals surface area (Å²) in [6.07, 6.45) is 0. The van der Waals surface area contributed by atoms with E-state index in [0.717, 1.165) is 0 Å². The first kappa shape index (κ1) is 15.3. The molecule has 1 atom stereocenters. The highest BCUT2D eigenvalue weighted by molar-refractivity contribution is 9.10. The van der Waals surface area contributed by atoms with Crippen LogP contribution >= 0.6 is 27.5 Å². The van der Waals surface area contributed by atoms with Crippen molar-refractivity contribution in [2.45, 2.75) is 6.04 Å².